The van der Waals surface area contributed by atoms with Gasteiger partial charge in [-0.1, -0.05) is 20.8 Å². The van der Waals surface area contributed by atoms with E-state index in [9.17, 15) is 4.79 Å². The number of nitrogens with one attached hydrogen (secondary N) is 1. The van der Waals surface area contributed by atoms with Crippen molar-refractivity contribution >= 4 is 6.03 Å². The smallest absolute Gasteiger partial charge is 0.317 e. The molecular formula is C9H20N2O. The van der Waals surface area contributed by atoms with Crippen LogP contribution in [0.15, 0.2) is 0 Å². The van der Waals surface area contributed by atoms with E-state index in [0.29, 0.717) is 5.92 Å². The van der Waals surface area contributed by atoms with Crippen LogP contribution in [0.1, 0.15) is 27.2 Å². The van der Waals surface area contributed by atoms with Gasteiger partial charge >= 0.3 is 6.03 Å². The molecule has 0 atom stereocenters. The van der Waals surface area contributed by atoms with Gasteiger partial charge in [0.05, 0.1) is 0 Å². The average Bonchev–Trinajstić information content (AvgIpc) is 1.98. The number of nitrogens with zero attached hydrogens (tertiary/aromatic N) is 1. The fourth-order valence-corrected chi connectivity index (χ4v) is 0.998. The predicted octanol–water partition coefficient (Wildman–Crippen LogP) is 1.69. The van der Waals surface area contributed by atoms with Crippen molar-refractivity contribution in [1.82, 2.24) is 10.2 Å². The highest BCUT2D eigenvalue weighted by Crippen LogP contribution is 1.95. The van der Waals surface area contributed by atoms with Crippen molar-refractivity contribution in [2.45, 2.75) is 27.2 Å². The van der Waals surface area contributed by atoms with Crippen LogP contribution in [0.2, 0.25) is 0 Å². The van der Waals surface area contributed by atoms with Crippen LogP contribution in [-0.4, -0.2) is 31.1 Å². The van der Waals surface area contributed by atoms with E-state index in [0.717, 1.165) is 19.5 Å². The van der Waals surface area contributed by atoms with E-state index in [2.05, 4.69) is 19.2 Å². The molecule has 1 N–H and O–H groups in total. The molecule has 2 amide bonds. The molecule has 0 fully saturated rings. The van der Waals surface area contributed by atoms with E-state index in [4.69, 9.17) is 0 Å². The number of hydrogen-bond donors (Lipinski definition) is 1. The van der Waals surface area contributed by atoms with Gasteiger partial charge in [0.15, 0.2) is 0 Å². The third kappa shape index (κ3) is 4.99. The van der Waals surface area contributed by atoms with Crippen molar-refractivity contribution in [2.24, 2.45) is 5.92 Å². The van der Waals surface area contributed by atoms with Gasteiger partial charge in [0.2, 0.25) is 0 Å². The van der Waals surface area contributed by atoms with E-state index >= 15 is 0 Å². The van der Waals surface area contributed by atoms with Crippen LogP contribution < -0.4 is 5.32 Å². The fraction of sp³-hybridized carbons (Fsp3) is 0.889. The molecule has 0 aliphatic rings. The van der Waals surface area contributed by atoms with E-state index in [1.54, 1.807) is 4.90 Å². The largest absolute Gasteiger partial charge is 0.338 e. The normalized spacial score (nSPS) is 10.1. The number of amides is 2. The summed E-state index contributed by atoms with van der Waals surface area (Å²) in [6.07, 6.45) is 0.987. The van der Waals surface area contributed by atoms with Crippen molar-refractivity contribution in [2.75, 3.05) is 20.1 Å². The van der Waals surface area contributed by atoms with Gasteiger partial charge in [-0.15, -0.1) is 0 Å². The topological polar surface area (TPSA) is 32.3 Å². The third-order valence-electron chi connectivity index (χ3n) is 1.51. The Hall–Kier alpha value is -0.730. The zero-order valence-electron chi connectivity index (χ0n) is 8.55. The van der Waals surface area contributed by atoms with Crippen molar-refractivity contribution in [1.29, 1.82) is 0 Å². The van der Waals surface area contributed by atoms with Crippen LogP contribution in [0.4, 0.5) is 4.79 Å². The molecule has 3 heteroatoms. The second-order valence-corrected chi connectivity index (χ2v) is 3.51. The standard InChI is InChI=1S/C9H20N2O/c1-5-6-10-9(12)11(4)7-8(2)3/h8H,5-7H2,1-4H3,(H,10,12). The lowest BCUT2D eigenvalue weighted by atomic mass is 10.2. The molecule has 0 bridgehead atoms. The van der Waals surface area contributed by atoms with E-state index < -0.39 is 0 Å². The lowest BCUT2D eigenvalue weighted by molar-refractivity contribution is 0.203. The summed E-state index contributed by atoms with van der Waals surface area (Å²) in [7, 11) is 1.82. The summed E-state index contributed by atoms with van der Waals surface area (Å²) >= 11 is 0. The highest BCUT2D eigenvalue weighted by atomic mass is 16.2. The first-order chi connectivity index (χ1) is 5.57. The van der Waals surface area contributed by atoms with Gasteiger partial charge in [0.25, 0.3) is 0 Å². The average molecular weight is 172 g/mol. The lowest BCUT2D eigenvalue weighted by Gasteiger charge is -2.19. The predicted molar refractivity (Wildman–Crippen MR) is 51.2 cm³/mol. The molecule has 0 aromatic rings. The van der Waals surface area contributed by atoms with Crippen LogP contribution in [0, 0.1) is 5.92 Å². The van der Waals surface area contributed by atoms with Gasteiger partial charge in [-0.2, -0.15) is 0 Å². The van der Waals surface area contributed by atoms with Crippen molar-refractivity contribution in [3.8, 4) is 0 Å². The molecule has 0 saturated heterocycles. The number of carbonyl (C=O) groups is 1. The highest BCUT2D eigenvalue weighted by Gasteiger charge is 2.07. The van der Waals surface area contributed by atoms with Crippen LogP contribution >= 0.6 is 0 Å². The SMILES string of the molecule is CCCNC(=O)N(C)CC(C)C. The lowest BCUT2D eigenvalue weighted by Crippen LogP contribution is -2.39. The van der Waals surface area contributed by atoms with E-state index in [1.165, 1.54) is 0 Å². The molecule has 3 nitrogen and oxygen atoms in total. The molecule has 0 saturated carbocycles. The van der Waals surface area contributed by atoms with Crippen LogP contribution in [0.25, 0.3) is 0 Å². The molecular weight excluding hydrogens is 152 g/mol. The minimum atomic E-state index is 0.0329. The second kappa shape index (κ2) is 5.86. The quantitative estimate of drug-likeness (QED) is 0.687. The molecule has 0 aromatic carbocycles. The van der Waals surface area contributed by atoms with Gasteiger partial charge in [0.1, 0.15) is 0 Å². The maximum absolute atomic E-state index is 11.3. The summed E-state index contributed by atoms with van der Waals surface area (Å²) in [5.41, 5.74) is 0. The van der Waals surface area contributed by atoms with Crippen molar-refractivity contribution < 1.29 is 4.79 Å². The molecule has 0 heterocycles. The van der Waals surface area contributed by atoms with Gasteiger partial charge in [-0.25, -0.2) is 4.79 Å². The summed E-state index contributed by atoms with van der Waals surface area (Å²) in [6.45, 7) is 7.83. The zero-order chi connectivity index (χ0) is 9.56. The Morgan fingerprint density at radius 1 is 1.50 bits per heavy atom. The minimum absolute atomic E-state index is 0.0329. The summed E-state index contributed by atoms with van der Waals surface area (Å²) in [5.74, 6) is 0.530. The monoisotopic (exact) mass is 172 g/mol. The van der Waals surface area contributed by atoms with Crippen molar-refractivity contribution in [3.63, 3.8) is 0 Å². The Balaban J connectivity index is 3.61. The summed E-state index contributed by atoms with van der Waals surface area (Å²) in [5, 5.41) is 2.82. The minimum Gasteiger partial charge on any atom is -0.338 e. The maximum atomic E-state index is 11.3. The highest BCUT2D eigenvalue weighted by molar-refractivity contribution is 5.73. The summed E-state index contributed by atoms with van der Waals surface area (Å²) < 4.78 is 0. The van der Waals surface area contributed by atoms with Gasteiger partial charge in [0, 0.05) is 20.1 Å². The Morgan fingerprint density at radius 3 is 2.50 bits per heavy atom. The second-order valence-electron chi connectivity index (χ2n) is 3.51. The molecule has 0 unspecified atom stereocenters. The fourth-order valence-electron chi connectivity index (χ4n) is 0.998. The van der Waals surface area contributed by atoms with E-state index in [1.807, 2.05) is 14.0 Å². The Bertz CT molecular complexity index is 134. The first-order valence-corrected chi connectivity index (χ1v) is 4.56. The molecule has 0 aliphatic heterocycles. The zero-order valence-corrected chi connectivity index (χ0v) is 8.55. The Morgan fingerprint density at radius 2 is 2.08 bits per heavy atom. The first kappa shape index (κ1) is 11.3. The van der Waals surface area contributed by atoms with E-state index in [-0.39, 0.29) is 6.03 Å². The number of carbonyl (C=O) groups excluding carboxylic acids is 1. The van der Waals surface area contributed by atoms with Gasteiger partial charge < -0.3 is 10.2 Å². The molecule has 0 aliphatic carbocycles. The van der Waals surface area contributed by atoms with Crippen LogP contribution in [-0.2, 0) is 0 Å². The molecule has 0 radical (unpaired) electrons. The number of hydrogen-bond acceptors (Lipinski definition) is 1. The summed E-state index contributed by atoms with van der Waals surface area (Å²) in [6, 6.07) is 0.0329. The maximum Gasteiger partial charge on any atom is 0.317 e. The number of urea groups is 1. The Labute approximate surface area is 75.1 Å². The van der Waals surface area contributed by atoms with Crippen LogP contribution in [0.3, 0.4) is 0 Å². The molecule has 0 rings (SSSR count). The third-order valence-corrected chi connectivity index (χ3v) is 1.51. The van der Waals surface area contributed by atoms with Crippen LogP contribution in [0.5, 0.6) is 0 Å². The Kier molecular flexibility index (Phi) is 5.51. The van der Waals surface area contributed by atoms with Gasteiger partial charge in [-0.05, 0) is 12.3 Å². The summed E-state index contributed by atoms with van der Waals surface area (Å²) in [4.78, 5) is 13.0. The molecule has 0 spiro atoms. The molecule has 72 valence electrons. The number of rotatable bonds is 4. The van der Waals surface area contributed by atoms with Gasteiger partial charge in [-0.3, -0.25) is 0 Å². The molecule has 12 heavy (non-hydrogen) atoms. The van der Waals surface area contributed by atoms with Crippen molar-refractivity contribution in [3.05, 3.63) is 0 Å². The first-order valence-electron chi connectivity index (χ1n) is 4.56. The molecule has 0 aromatic heterocycles.